The minimum Gasteiger partial charge on any atom is -0.438 e. The van der Waals surface area contributed by atoms with Crippen molar-refractivity contribution in [3.8, 4) is 17.7 Å². The van der Waals surface area contributed by atoms with E-state index in [9.17, 15) is 13.2 Å². The molecule has 0 atom stereocenters. The van der Waals surface area contributed by atoms with Gasteiger partial charge in [-0.2, -0.15) is 23.4 Å². The monoisotopic (exact) mass is 279 g/mol. The Balaban J connectivity index is 2.40. The number of alkyl halides is 3. The van der Waals surface area contributed by atoms with Crippen LogP contribution in [0, 0.1) is 11.3 Å². The molecule has 0 aliphatic heterocycles. The summed E-state index contributed by atoms with van der Waals surface area (Å²) in [5, 5.41) is 8.88. The first-order valence-electron chi connectivity index (χ1n) is 5.42. The highest BCUT2D eigenvalue weighted by molar-refractivity contribution is 5.46. The summed E-state index contributed by atoms with van der Waals surface area (Å²) in [6.45, 7) is 0. The van der Waals surface area contributed by atoms with Gasteiger partial charge in [0.05, 0.1) is 11.1 Å². The van der Waals surface area contributed by atoms with Gasteiger partial charge in [-0.05, 0) is 18.2 Å². The maximum Gasteiger partial charge on any atom is 0.416 e. The van der Waals surface area contributed by atoms with Gasteiger partial charge in [0.2, 0.25) is 5.88 Å². The molecule has 0 unspecified atom stereocenters. The normalized spacial score (nSPS) is 10.9. The molecule has 1 aromatic carbocycles. The fraction of sp³-hybridized carbons (Fsp3) is 0.0769. The molecule has 20 heavy (non-hydrogen) atoms. The number of aromatic nitrogens is 1. The van der Waals surface area contributed by atoms with E-state index in [1.165, 1.54) is 12.1 Å². The van der Waals surface area contributed by atoms with Crippen LogP contribution in [-0.2, 0) is 6.18 Å². The van der Waals surface area contributed by atoms with Crippen molar-refractivity contribution < 1.29 is 17.9 Å². The summed E-state index contributed by atoms with van der Waals surface area (Å²) >= 11 is 0. The van der Waals surface area contributed by atoms with E-state index in [4.69, 9.17) is 15.7 Å². The molecule has 2 aromatic rings. The summed E-state index contributed by atoms with van der Waals surface area (Å²) in [4.78, 5) is 3.66. The Hall–Kier alpha value is -2.75. The molecule has 0 radical (unpaired) electrons. The van der Waals surface area contributed by atoms with Crippen LogP contribution in [0.1, 0.15) is 11.1 Å². The average molecular weight is 279 g/mol. The fourth-order valence-corrected chi connectivity index (χ4v) is 1.50. The van der Waals surface area contributed by atoms with Crippen molar-refractivity contribution in [2.24, 2.45) is 0 Å². The van der Waals surface area contributed by atoms with Gasteiger partial charge in [0.1, 0.15) is 17.6 Å². The molecule has 0 bridgehead atoms. The number of rotatable bonds is 2. The van der Waals surface area contributed by atoms with Crippen molar-refractivity contribution in [3.05, 3.63) is 47.5 Å². The molecule has 0 saturated carbocycles. The maximum absolute atomic E-state index is 12.6. The first-order chi connectivity index (χ1) is 9.40. The molecule has 0 aliphatic carbocycles. The number of benzene rings is 1. The number of hydrogen-bond acceptors (Lipinski definition) is 4. The second kappa shape index (κ2) is 5.09. The Morgan fingerprint density at radius 2 is 1.90 bits per heavy atom. The third-order valence-electron chi connectivity index (χ3n) is 2.37. The molecular weight excluding hydrogens is 271 g/mol. The van der Waals surface area contributed by atoms with Gasteiger partial charge in [0.15, 0.2) is 0 Å². The standard InChI is InChI=1S/C13H8F3N3O/c14-13(15,16)9-5-11(18)19-12(6-9)20-10-4-2-1-3-8(10)7-17/h1-6H,(H2,18,19). The summed E-state index contributed by atoms with van der Waals surface area (Å²) < 4.78 is 43.1. The van der Waals surface area contributed by atoms with E-state index in [2.05, 4.69) is 4.98 Å². The van der Waals surface area contributed by atoms with Crippen molar-refractivity contribution in [1.82, 2.24) is 4.98 Å². The van der Waals surface area contributed by atoms with Gasteiger partial charge in [0.25, 0.3) is 0 Å². The van der Waals surface area contributed by atoms with Gasteiger partial charge in [-0.15, -0.1) is 0 Å². The molecule has 1 aromatic heterocycles. The van der Waals surface area contributed by atoms with Gasteiger partial charge in [-0.1, -0.05) is 12.1 Å². The minimum atomic E-state index is -4.55. The molecule has 0 aliphatic rings. The lowest BCUT2D eigenvalue weighted by Gasteiger charge is -2.11. The second-order valence-electron chi connectivity index (χ2n) is 3.83. The highest BCUT2D eigenvalue weighted by atomic mass is 19.4. The summed E-state index contributed by atoms with van der Waals surface area (Å²) in [5.74, 6) is -0.523. The minimum absolute atomic E-state index is 0.112. The Bertz CT molecular complexity index is 677. The molecule has 2 rings (SSSR count). The summed E-state index contributed by atoms with van der Waals surface area (Å²) in [7, 11) is 0. The number of pyridine rings is 1. The number of nitrogens with two attached hydrogens (primary N) is 1. The number of halogens is 3. The van der Waals surface area contributed by atoms with Crippen LogP contribution < -0.4 is 10.5 Å². The lowest BCUT2D eigenvalue weighted by atomic mass is 10.2. The zero-order valence-corrected chi connectivity index (χ0v) is 9.98. The van der Waals surface area contributed by atoms with Gasteiger partial charge >= 0.3 is 6.18 Å². The number of hydrogen-bond donors (Lipinski definition) is 1. The van der Waals surface area contributed by atoms with E-state index in [0.717, 1.165) is 6.07 Å². The number of anilines is 1. The Kier molecular flexibility index (Phi) is 3.48. The number of ether oxygens (including phenoxy) is 1. The Morgan fingerprint density at radius 3 is 2.55 bits per heavy atom. The van der Waals surface area contributed by atoms with E-state index in [1.807, 2.05) is 6.07 Å². The number of nitrogen functional groups attached to an aromatic ring is 1. The molecule has 7 heteroatoms. The van der Waals surface area contributed by atoms with Crippen LogP contribution in [0.5, 0.6) is 11.6 Å². The largest absolute Gasteiger partial charge is 0.438 e. The van der Waals surface area contributed by atoms with E-state index >= 15 is 0 Å². The van der Waals surface area contributed by atoms with Crippen LogP contribution in [0.15, 0.2) is 36.4 Å². The highest BCUT2D eigenvalue weighted by Crippen LogP contribution is 2.33. The smallest absolute Gasteiger partial charge is 0.416 e. The van der Waals surface area contributed by atoms with Crippen LogP contribution >= 0.6 is 0 Å². The van der Waals surface area contributed by atoms with E-state index in [0.29, 0.717) is 6.07 Å². The van der Waals surface area contributed by atoms with Crippen molar-refractivity contribution in [1.29, 1.82) is 5.26 Å². The molecule has 102 valence electrons. The van der Waals surface area contributed by atoms with Gasteiger partial charge in [0, 0.05) is 6.07 Å². The number of para-hydroxylation sites is 1. The van der Waals surface area contributed by atoms with Gasteiger partial charge in [-0.25, -0.2) is 0 Å². The second-order valence-corrected chi connectivity index (χ2v) is 3.83. The highest BCUT2D eigenvalue weighted by Gasteiger charge is 2.31. The Labute approximate surface area is 112 Å². The van der Waals surface area contributed by atoms with Gasteiger partial charge < -0.3 is 10.5 Å². The zero-order chi connectivity index (χ0) is 14.8. The topological polar surface area (TPSA) is 71.9 Å². The average Bonchev–Trinajstić information content (AvgIpc) is 2.37. The molecule has 4 nitrogen and oxygen atoms in total. The molecule has 0 saturated heterocycles. The summed E-state index contributed by atoms with van der Waals surface area (Å²) in [5.41, 5.74) is 4.55. The molecule has 0 fully saturated rings. The van der Waals surface area contributed by atoms with Crippen LogP contribution in [-0.4, -0.2) is 4.98 Å². The van der Waals surface area contributed by atoms with Crippen molar-refractivity contribution in [2.45, 2.75) is 6.18 Å². The molecular formula is C13H8F3N3O. The van der Waals surface area contributed by atoms with Crippen molar-refractivity contribution in [3.63, 3.8) is 0 Å². The third-order valence-corrected chi connectivity index (χ3v) is 2.37. The lowest BCUT2D eigenvalue weighted by Crippen LogP contribution is -2.07. The maximum atomic E-state index is 12.6. The number of nitrogens with zero attached hydrogens (tertiary/aromatic N) is 2. The zero-order valence-electron chi connectivity index (χ0n) is 9.98. The van der Waals surface area contributed by atoms with Crippen LogP contribution in [0.2, 0.25) is 0 Å². The molecule has 1 heterocycles. The van der Waals surface area contributed by atoms with Crippen LogP contribution in [0.3, 0.4) is 0 Å². The van der Waals surface area contributed by atoms with Gasteiger partial charge in [-0.3, -0.25) is 0 Å². The predicted molar refractivity (Wildman–Crippen MR) is 64.9 cm³/mol. The fourth-order valence-electron chi connectivity index (χ4n) is 1.50. The van der Waals surface area contributed by atoms with Crippen LogP contribution in [0.4, 0.5) is 19.0 Å². The molecule has 0 amide bonds. The van der Waals surface area contributed by atoms with E-state index in [-0.39, 0.29) is 23.0 Å². The lowest BCUT2D eigenvalue weighted by molar-refractivity contribution is -0.137. The number of nitriles is 1. The first-order valence-corrected chi connectivity index (χ1v) is 5.42. The van der Waals surface area contributed by atoms with Crippen molar-refractivity contribution in [2.75, 3.05) is 5.73 Å². The molecule has 2 N–H and O–H groups in total. The molecule has 0 spiro atoms. The third kappa shape index (κ3) is 2.98. The van der Waals surface area contributed by atoms with E-state index < -0.39 is 11.7 Å². The Morgan fingerprint density at radius 1 is 1.20 bits per heavy atom. The summed E-state index contributed by atoms with van der Waals surface area (Å²) in [6.07, 6.45) is -4.55. The first kappa shape index (κ1) is 13.7. The van der Waals surface area contributed by atoms with E-state index in [1.54, 1.807) is 12.1 Å². The van der Waals surface area contributed by atoms with Crippen LogP contribution in [0.25, 0.3) is 0 Å². The van der Waals surface area contributed by atoms with Crippen molar-refractivity contribution >= 4 is 5.82 Å². The SMILES string of the molecule is N#Cc1ccccc1Oc1cc(C(F)(F)F)cc(N)n1. The summed E-state index contributed by atoms with van der Waals surface area (Å²) in [6, 6.07) is 9.44. The quantitative estimate of drug-likeness (QED) is 0.915. The predicted octanol–water partition coefficient (Wildman–Crippen LogP) is 3.35.